The maximum atomic E-state index is 5.68. The normalized spacial score (nSPS) is 10.3. The van der Waals surface area contributed by atoms with Crippen LogP contribution in [0.15, 0.2) is 6.07 Å². The molecule has 0 radical (unpaired) electrons. The van der Waals surface area contributed by atoms with Gasteiger partial charge in [0.25, 0.3) is 0 Å². The topological polar surface area (TPSA) is 57.4 Å². The average molecular weight is 254 g/mol. The molecule has 94 valence electrons. The summed E-state index contributed by atoms with van der Waals surface area (Å²) in [6.07, 6.45) is 0.827. The Hall–Kier alpha value is -1.20. The van der Waals surface area contributed by atoms with Gasteiger partial charge in [-0.3, -0.25) is 4.98 Å². The van der Waals surface area contributed by atoms with Gasteiger partial charge >= 0.3 is 0 Å². The van der Waals surface area contributed by atoms with E-state index in [9.17, 15) is 0 Å². The molecule has 0 aromatic carbocycles. The Morgan fingerprint density at radius 3 is 2.71 bits per heavy atom. The van der Waals surface area contributed by atoms with E-state index in [1.165, 1.54) is 0 Å². The minimum atomic E-state index is 0.316. The van der Waals surface area contributed by atoms with Gasteiger partial charge in [0.2, 0.25) is 0 Å². The molecule has 0 amide bonds. The summed E-state index contributed by atoms with van der Waals surface area (Å²) in [5.41, 5.74) is 8.11. The van der Waals surface area contributed by atoms with Crippen LogP contribution < -0.4 is 10.5 Å². The molecule has 1 heterocycles. The lowest BCUT2D eigenvalue weighted by atomic mass is 10.1. The highest BCUT2D eigenvalue weighted by Crippen LogP contribution is 2.22. The standard InChI is InChI=1S/C12H18N2O2S/c1-8-7-10(16-6-4-5-15-3)11(12(13)17)9(2)14-8/h7H,4-6H2,1-3H3,(H2,13,17). The number of hydrogen-bond donors (Lipinski definition) is 1. The first-order valence-electron chi connectivity index (χ1n) is 5.46. The summed E-state index contributed by atoms with van der Waals surface area (Å²) in [4.78, 5) is 4.64. The van der Waals surface area contributed by atoms with Crippen molar-refractivity contribution in [3.05, 3.63) is 23.0 Å². The Labute approximate surface area is 107 Å². The highest BCUT2D eigenvalue weighted by Gasteiger charge is 2.12. The monoisotopic (exact) mass is 254 g/mol. The number of aryl methyl sites for hydroxylation is 2. The van der Waals surface area contributed by atoms with E-state index in [1.54, 1.807) is 7.11 Å². The fourth-order valence-corrected chi connectivity index (χ4v) is 1.84. The van der Waals surface area contributed by atoms with Crippen LogP contribution in [0, 0.1) is 13.8 Å². The van der Waals surface area contributed by atoms with Crippen molar-refractivity contribution in [2.75, 3.05) is 20.3 Å². The molecule has 1 aromatic rings. The molecule has 0 spiro atoms. The van der Waals surface area contributed by atoms with E-state index in [0.717, 1.165) is 23.4 Å². The van der Waals surface area contributed by atoms with Gasteiger partial charge < -0.3 is 15.2 Å². The van der Waals surface area contributed by atoms with Gasteiger partial charge in [0, 0.05) is 31.9 Å². The van der Waals surface area contributed by atoms with E-state index in [-0.39, 0.29) is 0 Å². The minimum absolute atomic E-state index is 0.316. The Balaban J connectivity index is 2.85. The lowest BCUT2D eigenvalue weighted by Gasteiger charge is -2.13. The predicted molar refractivity (Wildman–Crippen MR) is 71.6 cm³/mol. The molecule has 17 heavy (non-hydrogen) atoms. The Bertz CT molecular complexity index is 408. The molecule has 0 atom stereocenters. The van der Waals surface area contributed by atoms with Crippen LogP contribution in [0.5, 0.6) is 5.75 Å². The summed E-state index contributed by atoms with van der Waals surface area (Å²) in [7, 11) is 1.67. The van der Waals surface area contributed by atoms with Crippen molar-refractivity contribution < 1.29 is 9.47 Å². The predicted octanol–water partition coefficient (Wildman–Crippen LogP) is 1.75. The smallest absolute Gasteiger partial charge is 0.133 e. The zero-order chi connectivity index (χ0) is 12.8. The van der Waals surface area contributed by atoms with E-state index >= 15 is 0 Å². The average Bonchev–Trinajstić information content (AvgIpc) is 2.22. The van der Waals surface area contributed by atoms with Gasteiger partial charge in [-0.15, -0.1) is 0 Å². The molecule has 0 unspecified atom stereocenters. The van der Waals surface area contributed by atoms with Crippen LogP contribution >= 0.6 is 12.2 Å². The lowest BCUT2D eigenvalue weighted by molar-refractivity contribution is 0.172. The molecule has 4 nitrogen and oxygen atoms in total. The number of thiocarbonyl (C=S) groups is 1. The molecule has 5 heteroatoms. The molecule has 1 rings (SSSR count). The molecular formula is C12H18N2O2S. The first-order valence-corrected chi connectivity index (χ1v) is 5.87. The van der Waals surface area contributed by atoms with Crippen LogP contribution in [0.3, 0.4) is 0 Å². The zero-order valence-corrected chi connectivity index (χ0v) is 11.3. The van der Waals surface area contributed by atoms with Crippen molar-refractivity contribution in [1.29, 1.82) is 0 Å². The molecule has 0 aliphatic rings. The quantitative estimate of drug-likeness (QED) is 0.619. The highest BCUT2D eigenvalue weighted by atomic mass is 32.1. The second-order valence-corrected chi connectivity index (χ2v) is 4.22. The third kappa shape index (κ3) is 3.94. The summed E-state index contributed by atoms with van der Waals surface area (Å²) in [5.74, 6) is 0.707. The van der Waals surface area contributed by atoms with Crippen molar-refractivity contribution in [2.24, 2.45) is 5.73 Å². The molecule has 2 N–H and O–H groups in total. The fourth-order valence-electron chi connectivity index (χ4n) is 1.59. The Kier molecular flexibility index (Phi) is 5.31. The van der Waals surface area contributed by atoms with E-state index in [2.05, 4.69) is 4.98 Å². The summed E-state index contributed by atoms with van der Waals surface area (Å²) in [5, 5.41) is 0. The van der Waals surface area contributed by atoms with Crippen molar-refractivity contribution in [3.63, 3.8) is 0 Å². The van der Waals surface area contributed by atoms with Crippen molar-refractivity contribution in [3.8, 4) is 5.75 Å². The largest absolute Gasteiger partial charge is 0.493 e. The number of pyridine rings is 1. The fraction of sp³-hybridized carbons (Fsp3) is 0.500. The highest BCUT2D eigenvalue weighted by molar-refractivity contribution is 7.80. The van der Waals surface area contributed by atoms with Crippen LogP contribution in [0.2, 0.25) is 0 Å². The number of rotatable bonds is 6. The van der Waals surface area contributed by atoms with E-state index in [1.807, 2.05) is 19.9 Å². The van der Waals surface area contributed by atoms with Gasteiger partial charge in [0.05, 0.1) is 17.9 Å². The number of ether oxygens (including phenoxy) is 2. The van der Waals surface area contributed by atoms with Crippen molar-refractivity contribution in [2.45, 2.75) is 20.3 Å². The van der Waals surface area contributed by atoms with Gasteiger partial charge in [-0.05, 0) is 13.8 Å². The van der Waals surface area contributed by atoms with Crippen LogP contribution in [-0.2, 0) is 4.74 Å². The molecule has 0 bridgehead atoms. The lowest BCUT2D eigenvalue weighted by Crippen LogP contribution is -2.15. The van der Waals surface area contributed by atoms with Gasteiger partial charge in [0.15, 0.2) is 0 Å². The molecule has 0 fully saturated rings. The Morgan fingerprint density at radius 2 is 2.12 bits per heavy atom. The van der Waals surface area contributed by atoms with E-state index in [4.69, 9.17) is 27.4 Å². The summed E-state index contributed by atoms with van der Waals surface area (Å²) in [6.45, 7) is 5.04. The van der Waals surface area contributed by atoms with E-state index < -0.39 is 0 Å². The summed E-state index contributed by atoms with van der Waals surface area (Å²) >= 11 is 5.02. The van der Waals surface area contributed by atoms with Crippen LogP contribution in [0.25, 0.3) is 0 Å². The third-order valence-electron chi connectivity index (χ3n) is 2.29. The third-order valence-corrected chi connectivity index (χ3v) is 2.49. The van der Waals surface area contributed by atoms with Crippen LogP contribution in [0.1, 0.15) is 23.4 Å². The summed E-state index contributed by atoms with van der Waals surface area (Å²) in [6, 6.07) is 1.86. The maximum Gasteiger partial charge on any atom is 0.133 e. The first kappa shape index (κ1) is 13.9. The van der Waals surface area contributed by atoms with Crippen LogP contribution in [0.4, 0.5) is 0 Å². The zero-order valence-electron chi connectivity index (χ0n) is 10.4. The number of hydrogen-bond acceptors (Lipinski definition) is 4. The number of nitrogens with zero attached hydrogens (tertiary/aromatic N) is 1. The molecule has 0 saturated carbocycles. The second-order valence-electron chi connectivity index (χ2n) is 3.78. The second kappa shape index (κ2) is 6.51. The first-order chi connectivity index (χ1) is 8.06. The maximum absolute atomic E-state index is 5.68. The van der Waals surface area contributed by atoms with Crippen LogP contribution in [-0.4, -0.2) is 30.3 Å². The molecule has 0 aliphatic heterocycles. The molecule has 0 saturated heterocycles. The molecule has 1 aromatic heterocycles. The van der Waals surface area contributed by atoms with Gasteiger partial charge in [-0.1, -0.05) is 12.2 Å². The van der Waals surface area contributed by atoms with Gasteiger partial charge in [-0.25, -0.2) is 0 Å². The molecular weight excluding hydrogens is 236 g/mol. The minimum Gasteiger partial charge on any atom is -0.493 e. The molecule has 0 aliphatic carbocycles. The van der Waals surface area contributed by atoms with Crippen molar-refractivity contribution in [1.82, 2.24) is 4.98 Å². The summed E-state index contributed by atoms with van der Waals surface area (Å²) < 4.78 is 10.6. The number of nitrogens with two attached hydrogens (primary N) is 1. The SMILES string of the molecule is COCCCOc1cc(C)nc(C)c1C(N)=S. The number of aromatic nitrogens is 1. The van der Waals surface area contributed by atoms with Gasteiger partial charge in [-0.2, -0.15) is 0 Å². The van der Waals surface area contributed by atoms with Crippen molar-refractivity contribution >= 4 is 17.2 Å². The Morgan fingerprint density at radius 1 is 1.41 bits per heavy atom. The number of methoxy groups -OCH3 is 1. The van der Waals surface area contributed by atoms with E-state index in [0.29, 0.717) is 24.0 Å². The van der Waals surface area contributed by atoms with Gasteiger partial charge in [0.1, 0.15) is 10.7 Å².